The average molecular weight is 339 g/mol. The molecular weight excluding hydrogens is 314 g/mol. The molecule has 2 aromatic rings. The van der Waals surface area contributed by atoms with Gasteiger partial charge in [-0.15, -0.1) is 0 Å². The molecule has 0 N–H and O–H groups in total. The molecule has 1 fully saturated rings. The molecule has 0 bridgehead atoms. The fourth-order valence-corrected chi connectivity index (χ4v) is 4.21. The van der Waals surface area contributed by atoms with Gasteiger partial charge in [0, 0.05) is 31.6 Å². The fourth-order valence-electron chi connectivity index (χ4n) is 4.21. The van der Waals surface area contributed by atoms with Crippen molar-refractivity contribution in [3.63, 3.8) is 0 Å². The third-order valence-corrected chi connectivity index (χ3v) is 5.76. The minimum atomic E-state index is 0.0272. The molecule has 1 saturated carbocycles. The van der Waals surface area contributed by atoms with Gasteiger partial charge in [-0.3, -0.25) is 14.2 Å². The Morgan fingerprint density at radius 3 is 2.76 bits per heavy atom. The highest BCUT2D eigenvalue weighted by atomic mass is 16.2. The Morgan fingerprint density at radius 1 is 1.16 bits per heavy atom. The Labute approximate surface area is 147 Å². The van der Waals surface area contributed by atoms with Crippen molar-refractivity contribution in [3.8, 4) is 0 Å². The second kappa shape index (κ2) is 6.62. The number of benzene rings is 1. The SMILES string of the molecule is CN(C(=O)c1ccc2c(=O)n3c(nc2c1)CCCC3)C1CCCCC1. The predicted octanol–water partition coefficient (Wildman–Crippen LogP) is 3.14. The van der Waals surface area contributed by atoms with E-state index in [1.165, 1.54) is 19.3 Å². The lowest BCUT2D eigenvalue weighted by molar-refractivity contribution is 0.0696. The molecule has 2 aliphatic rings. The van der Waals surface area contributed by atoms with Crippen molar-refractivity contribution in [1.29, 1.82) is 0 Å². The van der Waals surface area contributed by atoms with Gasteiger partial charge in [-0.25, -0.2) is 4.98 Å². The van der Waals surface area contributed by atoms with Crippen LogP contribution >= 0.6 is 0 Å². The number of carbonyl (C=O) groups excluding carboxylic acids is 1. The minimum Gasteiger partial charge on any atom is -0.339 e. The van der Waals surface area contributed by atoms with Gasteiger partial charge in [0.2, 0.25) is 0 Å². The first kappa shape index (κ1) is 16.3. The summed E-state index contributed by atoms with van der Waals surface area (Å²) in [5, 5.41) is 0.613. The zero-order valence-corrected chi connectivity index (χ0v) is 14.8. The molecule has 1 aromatic heterocycles. The quantitative estimate of drug-likeness (QED) is 0.844. The van der Waals surface area contributed by atoms with E-state index < -0.39 is 0 Å². The third kappa shape index (κ3) is 2.96. The molecule has 25 heavy (non-hydrogen) atoms. The summed E-state index contributed by atoms with van der Waals surface area (Å²) < 4.78 is 1.79. The number of fused-ring (bicyclic) bond motifs is 2. The summed E-state index contributed by atoms with van der Waals surface area (Å²) in [6.45, 7) is 0.752. The Balaban J connectivity index is 1.68. The maximum absolute atomic E-state index is 12.9. The number of rotatable bonds is 2. The average Bonchev–Trinajstić information content (AvgIpc) is 2.67. The van der Waals surface area contributed by atoms with E-state index in [9.17, 15) is 9.59 Å². The zero-order chi connectivity index (χ0) is 17.4. The van der Waals surface area contributed by atoms with E-state index >= 15 is 0 Å². The first-order valence-corrected chi connectivity index (χ1v) is 9.46. The summed E-state index contributed by atoms with van der Waals surface area (Å²) in [6, 6.07) is 5.68. The first-order chi connectivity index (χ1) is 12.1. The second-order valence-electron chi connectivity index (χ2n) is 7.38. The van der Waals surface area contributed by atoms with Crippen molar-refractivity contribution in [3.05, 3.63) is 39.9 Å². The van der Waals surface area contributed by atoms with Crippen LogP contribution in [0.5, 0.6) is 0 Å². The van der Waals surface area contributed by atoms with E-state index in [4.69, 9.17) is 0 Å². The van der Waals surface area contributed by atoms with Crippen LogP contribution in [0.1, 0.15) is 61.1 Å². The summed E-state index contributed by atoms with van der Waals surface area (Å²) in [4.78, 5) is 32.1. The van der Waals surface area contributed by atoms with Crippen LogP contribution in [0.25, 0.3) is 10.9 Å². The smallest absolute Gasteiger partial charge is 0.261 e. The van der Waals surface area contributed by atoms with Crippen molar-refractivity contribution in [1.82, 2.24) is 14.5 Å². The van der Waals surface area contributed by atoms with Crippen LogP contribution in [0.4, 0.5) is 0 Å². The molecule has 1 aliphatic carbocycles. The number of nitrogens with zero attached hydrogens (tertiary/aromatic N) is 3. The number of aryl methyl sites for hydroxylation is 1. The lowest BCUT2D eigenvalue weighted by Crippen LogP contribution is -2.38. The Hall–Kier alpha value is -2.17. The van der Waals surface area contributed by atoms with Gasteiger partial charge in [0.05, 0.1) is 10.9 Å². The normalized spacial score (nSPS) is 18.1. The maximum Gasteiger partial charge on any atom is 0.261 e. The number of hydrogen-bond donors (Lipinski definition) is 0. The zero-order valence-electron chi connectivity index (χ0n) is 14.8. The third-order valence-electron chi connectivity index (χ3n) is 5.76. The van der Waals surface area contributed by atoms with E-state index in [1.54, 1.807) is 22.8 Å². The lowest BCUT2D eigenvalue weighted by Gasteiger charge is -2.31. The van der Waals surface area contributed by atoms with Crippen LogP contribution in [0.3, 0.4) is 0 Å². The van der Waals surface area contributed by atoms with E-state index in [2.05, 4.69) is 4.98 Å². The molecule has 0 saturated heterocycles. The number of amides is 1. The van der Waals surface area contributed by atoms with Gasteiger partial charge in [-0.2, -0.15) is 0 Å². The topological polar surface area (TPSA) is 55.2 Å². The highest BCUT2D eigenvalue weighted by Gasteiger charge is 2.23. The van der Waals surface area contributed by atoms with Crippen molar-refractivity contribution in [2.45, 2.75) is 64.0 Å². The molecule has 1 aromatic carbocycles. The molecule has 5 heteroatoms. The fraction of sp³-hybridized carbons (Fsp3) is 0.550. The van der Waals surface area contributed by atoms with Crippen molar-refractivity contribution < 1.29 is 4.79 Å². The molecule has 4 rings (SSSR count). The highest BCUT2D eigenvalue weighted by Crippen LogP contribution is 2.23. The van der Waals surface area contributed by atoms with Crippen LogP contribution in [-0.2, 0) is 13.0 Å². The van der Waals surface area contributed by atoms with Crippen LogP contribution < -0.4 is 5.56 Å². The molecule has 2 heterocycles. The molecule has 0 spiro atoms. The van der Waals surface area contributed by atoms with Crippen molar-refractivity contribution >= 4 is 16.8 Å². The molecule has 0 radical (unpaired) electrons. The van der Waals surface area contributed by atoms with E-state index in [0.717, 1.165) is 44.5 Å². The molecule has 1 amide bonds. The Kier molecular flexibility index (Phi) is 4.32. The standard InChI is InChI=1S/C20H25N3O2/c1-22(15-7-3-2-4-8-15)19(24)14-10-11-16-17(13-14)21-18-9-5-6-12-23(18)20(16)25/h10-11,13,15H,2-9,12H2,1H3. The molecule has 5 nitrogen and oxygen atoms in total. The number of hydrogen-bond acceptors (Lipinski definition) is 3. The number of aromatic nitrogens is 2. The lowest BCUT2D eigenvalue weighted by atomic mass is 9.94. The van der Waals surface area contributed by atoms with Gasteiger partial charge in [-0.1, -0.05) is 19.3 Å². The maximum atomic E-state index is 12.9. The van der Waals surface area contributed by atoms with Crippen LogP contribution in [0, 0.1) is 0 Å². The summed E-state index contributed by atoms with van der Waals surface area (Å²) in [5.41, 5.74) is 1.31. The summed E-state index contributed by atoms with van der Waals surface area (Å²) in [5.74, 6) is 0.891. The van der Waals surface area contributed by atoms with Gasteiger partial charge in [0.25, 0.3) is 11.5 Å². The van der Waals surface area contributed by atoms with Crippen molar-refractivity contribution in [2.75, 3.05) is 7.05 Å². The summed E-state index contributed by atoms with van der Waals surface area (Å²) in [6.07, 6.45) is 8.78. The molecule has 132 valence electrons. The van der Waals surface area contributed by atoms with Gasteiger partial charge in [0.1, 0.15) is 5.82 Å². The van der Waals surface area contributed by atoms with E-state index in [0.29, 0.717) is 22.5 Å². The van der Waals surface area contributed by atoms with Gasteiger partial charge in [0.15, 0.2) is 0 Å². The highest BCUT2D eigenvalue weighted by molar-refractivity contribution is 5.97. The van der Waals surface area contributed by atoms with Crippen molar-refractivity contribution in [2.24, 2.45) is 0 Å². The van der Waals surface area contributed by atoms with Gasteiger partial charge < -0.3 is 4.90 Å². The van der Waals surface area contributed by atoms with Crippen LogP contribution in [-0.4, -0.2) is 33.4 Å². The van der Waals surface area contributed by atoms with E-state index in [1.807, 2.05) is 11.9 Å². The second-order valence-corrected chi connectivity index (χ2v) is 7.38. The summed E-state index contributed by atoms with van der Waals surface area (Å²) in [7, 11) is 1.90. The largest absolute Gasteiger partial charge is 0.339 e. The predicted molar refractivity (Wildman–Crippen MR) is 97.9 cm³/mol. The van der Waals surface area contributed by atoms with Crippen LogP contribution in [0.15, 0.2) is 23.0 Å². The molecule has 0 unspecified atom stereocenters. The minimum absolute atomic E-state index is 0.0272. The number of carbonyl (C=O) groups is 1. The van der Waals surface area contributed by atoms with E-state index in [-0.39, 0.29) is 11.5 Å². The monoisotopic (exact) mass is 339 g/mol. The molecule has 1 aliphatic heterocycles. The van der Waals surface area contributed by atoms with Gasteiger partial charge >= 0.3 is 0 Å². The summed E-state index contributed by atoms with van der Waals surface area (Å²) >= 11 is 0. The molecule has 0 atom stereocenters. The van der Waals surface area contributed by atoms with Crippen LogP contribution in [0.2, 0.25) is 0 Å². The molecular formula is C20H25N3O2. The Morgan fingerprint density at radius 2 is 1.96 bits per heavy atom. The first-order valence-electron chi connectivity index (χ1n) is 9.46. The van der Waals surface area contributed by atoms with Gasteiger partial charge in [-0.05, 0) is 43.9 Å². The Bertz CT molecular complexity index is 865.